The highest BCUT2D eigenvalue weighted by atomic mass is 32.2. The van der Waals surface area contributed by atoms with Gasteiger partial charge in [-0.15, -0.1) is 0 Å². The van der Waals surface area contributed by atoms with Gasteiger partial charge in [0.05, 0.1) is 4.90 Å². The topological polar surface area (TPSA) is 66.1 Å². The van der Waals surface area contributed by atoms with Crippen molar-refractivity contribution < 1.29 is 8.42 Å². The zero-order valence-corrected chi connectivity index (χ0v) is 13.5. The Kier molecular flexibility index (Phi) is 4.31. The summed E-state index contributed by atoms with van der Waals surface area (Å²) in [4.78, 5) is 0.389. The number of nitrogens with zero attached hydrogens (tertiary/aromatic N) is 2. The summed E-state index contributed by atoms with van der Waals surface area (Å²) >= 11 is 0. The van der Waals surface area contributed by atoms with Gasteiger partial charge in [-0.1, -0.05) is 17.7 Å². The first-order valence-corrected chi connectivity index (χ1v) is 9.05. The molecule has 1 atom stereocenters. The van der Waals surface area contributed by atoms with Gasteiger partial charge in [-0.05, 0) is 50.3 Å². The summed E-state index contributed by atoms with van der Waals surface area (Å²) < 4.78 is 27.1. The van der Waals surface area contributed by atoms with E-state index in [1.807, 2.05) is 25.1 Å². The molecule has 1 aliphatic rings. The average Bonchev–Trinajstić information content (AvgIpc) is 3.01. The van der Waals surface area contributed by atoms with Crippen LogP contribution in [0.1, 0.15) is 24.1 Å². The summed E-state index contributed by atoms with van der Waals surface area (Å²) in [6.45, 7) is 3.14. The predicted molar refractivity (Wildman–Crippen MR) is 85.0 cm³/mol. The van der Waals surface area contributed by atoms with Gasteiger partial charge in [0.1, 0.15) is 0 Å². The molecule has 1 aromatic heterocycles. The number of rotatable bonds is 4. The van der Waals surface area contributed by atoms with Crippen LogP contribution in [0.3, 0.4) is 0 Å². The van der Waals surface area contributed by atoms with Gasteiger partial charge in [-0.3, -0.25) is 5.10 Å². The molecular weight excluding hydrogens is 298 g/mol. The molecule has 0 radical (unpaired) electrons. The van der Waals surface area contributed by atoms with E-state index in [0.29, 0.717) is 23.9 Å². The number of aromatic amines is 1. The van der Waals surface area contributed by atoms with Crippen molar-refractivity contribution >= 4 is 10.0 Å². The van der Waals surface area contributed by atoms with Gasteiger partial charge < -0.3 is 0 Å². The number of aryl methyl sites for hydroxylation is 1. The minimum absolute atomic E-state index is 0.342. The molecule has 1 aromatic carbocycles. The molecule has 1 saturated heterocycles. The molecule has 0 spiro atoms. The Labute approximate surface area is 131 Å². The normalized spacial score (nSPS) is 20.1. The summed E-state index contributed by atoms with van der Waals surface area (Å²) in [6.07, 6.45) is 4.54. The number of H-pyrrole nitrogens is 1. The Morgan fingerprint density at radius 1 is 1.27 bits per heavy atom. The van der Waals surface area contributed by atoms with Gasteiger partial charge in [0.2, 0.25) is 10.0 Å². The minimum atomic E-state index is -3.38. The molecule has 6 heteroatoms. The Balaban J connectivity index is 1.74. The van der Waals surface area contributed by atoms with Gasteiger partial charge in [-0.25, -0.2) is 8.42 Å². The monoisotopic (exact) mass is 319 g/mol. The van der Waals surface area contributed by atoms with Crippen molar-refractivity contribution in [2.24, 2.45) is 5.92 Å². The minimum Gasteiger partial charge on any atom is -0.283 e. The number of sulfonamides is 1. The highest BCUT2D eigenvalue weighted by Crippen LogP contribution is 2.25. The number of benzene rings is 1. The van der Waals surface area contributed by atoms with E-state index < -0.39 is 10.0 Å². The standard InChI is InChI=1S/C16H21N3O2S/c1-13-4-6-16(7-5-13)22(20,21)19-10-2-3-14(12-19)11-15-8-9-17-18-15/h4-9,14H,2-3,10-12H2,1H3,(H,17,18). The van der Waals surface area contributed by atoms with E-state index >= 15 is 0 Å². The Bertz CT molecular complexity index is 708. The molecule has 22 heavy (non-hydrogen) atoms. The SMILES string of the molecule is Cc1ccc(S(=O)(=O)N2CCCC(Cc3ccn[nH]3)C2)cc1. The molecule has 5 nitrogen and oxygen atoms in total. The third-order valence-corrected chi connectivity index (χ3v) is 6.09. The van der Waals surface area contributed by atoms with Gasteiger partial charge in [-0.2, -0.15) is 9.40 Å². The summed E-state index contributed by atoms with van der Waals surface area (Å²) in [6, 6.07) is 9.04. The van der Waals surface area contributed by atoms with Gasteiger partial charge >= 0.3 is 0 Å². The summed E-state index contributed by atoms with van der Waals surface area (Å²) in [7, 11) is -3.38. The molecule has 1 N–H and O–H groups in total. The van der Waals surface area contributed by atoms with Crippen LogP contribution in [0.5, 0.6) is 0 Å². The van der Waals surface area contributed by atoms with Crippen molar-refractivity contribution in [3.63, 3.8) is 0 Å². The molecule has 0 bridgehead atoms. The lowest BCUT2D eigenvalue weighted by Crippen LogP contribution is -2.40. The molecule has 1 fully saturated rings. The predicted octanol–water partition coefficient (Wildman–Crippen LogP) is 2.36. The molecule has 118 valence electrons. The van der Waals surface area contributed by atoms with Crippen LogP contribution in [-0.2, 0) is 16.4 Å². The van der Waals surface area contributed by atoms with E-state index in [-0.39, 0.29) is 0 Å². The van der Waals surface area contributed by atoms with Crippen molar-refractivity contribution in [3.05, 3.63) is 47.8 Å². The van der Waals surface area contributed by atoms with E-state index in [1.54, 1.807) is 22.6 Å². The van der Waals surface area contributed by atoms with E-state index in [9.17, 15) is 8.42 Å². The smallest absolute Gasteiger partial charge is 0.243 e. The summed E-state index contributed by atoms with van der Waals surface area (Å²) in [5, 5.41) is 6.91. The highest BCUT2D eigenvalue weighted by Gasteiger charge is 2.30. The molecule has 3 rings (SSSR count). The van der Waals surface area contributed by atoms with Crippen LogP contribution in [0.15, 0.2) is 41.4 Å². The van der Waals surface area contributed by atoms with Gasteiger partial charge in [0.15, 0.2) is 0 Å². The summed E-state index contributed by atoms with van der Waals surface area (Å²) in [5.74, 6) is 0.342. The van der Waals surface area contributed by atoms with E-state index in [0.717, 1.165) is 30.5 Å². The lowest BCUT2D eigenvalue weighted by Gasteiger charge is -2.31. The third-order valence-electron chi connectivity index (χ3n) is 4.21. The van der Waals surface area contributed by atoms with Crippen LogP contribution < -0.4 is 0 Å². The maximum atomic E-state index is 12.8. The Morgan fingerprint density at radius 3 is 2.73 bits per heavy atom. The molecule has 0 saturated carbocycles. The van der Waals surface area contributed by atoms with Crippen LogP contribution in [0.4, 0.5) is 0 Å². The van der Waals surface area contributed by atoms with Crippen LogP contribution in [-0.4, -0.2) is 36.0 Å². The zero-order chi connectivity index (χ0) is 15.6. The number of hydrogen-bond acceptors (Lipinski definition) is 3. The quantitative estimate of drug-likeness (QED) is 0.941. The molecule has 0 aliphatic carbocycles. The highest BCUT2D eigenvalue weighted by molar-refractivity contribution is 7.89. The third kappa shape index (κ3) is 3.23. The Morgan fingerprint density at radius 2 is 2.05 bits per heavy atom. The molecule has 2 heterocycles. The molecular formula is C16H21N3O2S. The number of hydrogen-bond donors (Lipinski definition) is 1. The van der Waals surface area contributed by atoms with Crippen molar-refractivity contribution in [2.45, 2.75) is 31.1 Å². The lowest BCUT2D eigenvalue weighted by molar-refractivity contribution is 0.264. The van der Waals surface area contributed by atoms with Crippen LogP contribution in [0, 0.1) is 12.8 Å². The van der Waals surface area contributed by atoms with Crippen LogP contribution in [0.25, 0.3) is 0 Å². The molecule has 0 amide bonds. The van der Waals surface area contributed by atoms with E-state index in [4.69, 9.17) is 0 Å². The fourth-order valence-electron chi connectivity index (χ4n) is 2.98. The number of nitrogens with one attached hydrogen (secondary N) is 1. The van der Waals surface area contributed by atoms with Crippen LogP contribution in [0.2, 0.25) is 0 Å². The number of aromatic nitrogens is 2. The second-order valence-electron chi connectivity index (χ2n) is 5.97. The zero-order valence-electron chi connectivity index (χ0n) is 12.7. The second kappa shape index (κ2) is 6.22. The first-order chi connectivity index (χ1) is 10.6. The molecule has 1 unspecified atom stereocenters. The maximum absolute atomic E-state index is 12.8. The largest absolute Gasteiger partial charge is 0.283 e. The van der Waals surface area contributed by atoms with Crippen molar-refractivity contribution in [1.29, 1.82) is 0 Å². The number of piperidine rings is 1. The average molecular weight is 319 g/mol. The van der Waals surface area contributed by atoms with Crippen LogP contribution >= 0.6 is 0 Å². The van der Waals surface area contributed by atoms with E-state index in [2.05, 4.69) is 10.2 Å². The maximum Gasteiger partial charge on any atom is 0.243 e. The second-order valence-corrected chi connectivity index (χ2v) is 7.91. The molecule has 2 aromatic rings. The fraction of sp³-hybridized carbons (Fsp3) is 0.438. The fourth-order valence-corrected chi connectivity index (χ4v) is 4.54. The van der Waals surface area contributed by atoms with Gasteiger partial charge in [0.25, 0.3) is 0 Å². The molecule has 1 aliphatic heterocycles. The lowest BCUT2D eigenvalue weighted by atomic mass is 9.95. The first-order valence-electron chi connectivity index (χ1n) is 7.61. The van der Waals surface area contributed by atoms with Gasteiger partial charge in [0, 0.05) is 25.0 Å². The van der Waals surface area contributed by atoms with Crippen molar-refractivity contribution in [2.75, 3.05) is 13.1 Å². The first kappa shape index (κ1) is 15.2. The Hall–Kier alpha value is -1.66. The van der Waals surface area contributed by atoms with E-state index in [1.165, 1.54) is 0 Å². The summed E-state index contributed by atoms with van der Waals surface area (Å²) in [5.41, 5.74) is 2.13. The van der Waals surface area contributed by atoms with Crippen molar-refractivity contribution in [3.8, 4) is 0 Å². The van der Waals surface area contributed by atoms with Crippen molar-refractivity contribution in [1.82, 2.24) is 14.5 Å².